The van der Waals surface area contributed by atoms with Gasteiger partial charge in [-0.05, 0) is 79.1 Å². The minimum Gasteiger partial charge on any atom is -0.504 e. The zero-order valence-corrected chi connectivity index (χ0v) is 19.3. The van der Waals surface area contributed by atoms with Gasteiger partial charge < -0.3 is 20.1 Å². The number of likely N-dealkylation sites (N-methyl/N-ethyl adjacent to an activating group) is 1. The van der Waals surface area contributed by atoms with Crippen molar-refractivity contribution in [2.24, 2.45) is 0 Å². The molecule has 170 valence electrons. The van der Waals surface area contributed by atoms with Crippen LogP contribution in [-0.2, 0) is 5.54 Å². The third kappa shape index (κ3) is 4.55. The summed E-state index contributed by atoms with van der Waals surface area (Å²) in [6.45, 7) is 6.81. The summed E-state index contributed by atoms with van der Waals surface area (Å²) < 4.78 is 5.16. The van der Waals surface area contributed by atoms with Crippen LogP contribution in [0.15, 0.2) is 61.4 Å². The number of amides is 1. The molecule has 1 fully saturated rings. The molecule has 0 saturated heterocycles. The summed E-state index contributed by atoms with van der Waals surface area (Å²) in [6.07, 6.45) is 9.46. The molecule has 1 amide bonds. The Bertz CT molecular complexity index is 1240. The molecule has 2 aromatic carbocycles. The van der Waals surface area contributed by atoms with Gasteiger partial charge in [-0.3, -0.25) is 9.78 Å². The average Bonchev–Trinajstić information content (AvgIpc) is 3.57. The Morgan fingerprint density at radius 2 is 2.03 bits per heavy atom. The second-order valence-electron chi connectivity index (χ2n) is 8.54. The van der Waals surface area contributed by atoms with Crippen molar-refractivity contribution in [3.8, 4) is 11.5 Å². The highest BCUT2D eigenvalue weighted by Crippen LogP contribution is 2.48. The Morgan fingerprint density at radius 1 is 1.30 bits per heavy atom. The maximum absolute atomic E-state index is 13.1. The molecule has 6 nitrogen and oxygen atoms in total. The van der Waals surface area contributed by atoms with Gasteiger partial charge >= 0.3 is 0 Å². The number of benzene rings is 2. The van der Waals surface area contributed by atoms with E-state index in [-0.39, 0.29) is 17.4 Å². The van der Waals surface area contributed by atoms with Gasteiger partial charge in [-0.25, -0.2) is 0 Å². The van der Waals surface area contributed by atoms with Gasteiger partial charge in [0.05, 0.1) is 18.2 Å². The summed E-state index contributed by atoms with van der Waals surface area (Å²) in [5, 5.41) is 14.2. The first-order valence-corrected chi connectivity index (χ1v) is 11.0. The maximum atomic E-state index is 13.1. The molecule has 2 heterocycles. The number of fused-ring (bicyclic) bond motifs is 1. The number of carbonyl (C=O) groups is 1. The molecule has 0 unspecified atom stereocenters. The summed E-state index contributed by atoms with van der Waals surface area (Å²) in [6, 6.07) is 11.1. The average molecular weight is 444 g/mol. The molecular weight excluding hydrogens is 414 g/mol. The van der Waals surface area contributed by atoms with Gasteiger partial charge in [0.15, 0.2) is 11.5 Å². The Kier molecular flexibility index (Phi) is 6.09. The molecule has 1 aromatic heterocycles. The SMILES string of the molecule is C=Cc1cc(C2(NC(=O)c3cc(OC)c(O)cc3C)CC2)c2cccnc2c1.CN1C=CC1. The van der Waals surface area contributed by atoms with Crippen molar-refractivity contribution in [2.45, 2.75) is 25.3 Å². The topological polar surface area (TPSA) is 74.7 Å². The molecule has 6 heteroatoms. The Morgan fingerprint density at radius 3 is 2.61 bits per heavy atom. The van der Waals surface area contributed by atoms with E-state index in [0.29, 0.717) is 11.1 Å². The molecule has 0 atom stereocenters. The van der Waals surface area contributed by atoms with Crippen LogP contribution in [-0.4, -0.2) is 41.6 Å². The van der Waals surface area contributed by atoms with Gasteiger partial charge in [0.2, 0.25) is 0 Å². The predicted molar refractivity (Wildman–Crippen MR) is 131 cm³/mol. The minimum atomic E-state index is -0.422. The van der Waals surface area contributed by atoms with Crippen molar-refractivity contribution < 1.29 is 14.6 Å². The number of phenolic OH excluding ortho intramolecular Hbond substituents is 1. The van der Waals surface area contributed by atoms with Crippen LogP contribution in [0, 0.1) is 6.92 Å². The molecule has 1 aliphatic carbocycles. The highest BCUT2D eigenvalue weighted by Gasteiger charge is 2.47. The lowest BCUT2D eigenvalue weighted by molar-refractivity contribution is 0.0930. The molecule has 33 heavy (non-hydrogen) atoms. The number of aromatic hydroxyl groups is 1. The Hall–Kier alpha value is -3.80. The quantitative estimate of drug-likeness (QED) is 0.594. The maximum Gasteiger partial charge on any atom is 0.252 e. The van der Waals surface area contributed by atoms with Crippen LogP contribution in [0.4, 0.5) is 0 Å². The van der Waals surface area contributed by atoms with E-state index in [4.69, 9.17) is 4.74 Å². The van der Waals surface area contributed by atoms with E-state index in [0.717, 1.165) is 41.4 Å². The number of aromatic nitrogens is 1. The fourth-order valence-corrected chi connectivity index (χ4v) is 3.99. The van der Waals surface area contributed by atoms with Gasteiger partial charge in [0, 0.05) is 30.7 Å². The fraction of sp³-hybridized carbons (Fsp3) is 0.259. The summed E-state index contributed by atoms with van der Waals surface area (Å²) >= 11 is 0. The smallest absolute Gasteiger partial charge is 0.252 e. The van der Waals surface area contributed by atoms with Crippen molar-refractivity contribution in [1.82, 2.24) is 15.2 Å². The van der Waals surface area contributed by atoms with E-state index in [1.54, 1.807) is 31.3 Å². The second kappa shape index (κ2) is 8.98. The molecule has 3 aromatic rings. The third-order valence-corrected chi connectivity index (χ3v) is 6.12. The van der Waals surface area contributed by atoms with E-state index in [2.05, 4.69) is 47.2 Å². The number of ether oxygens (including phenoxy) is 1. The van der Waals surface area contributed by atoms with Crippen LogP contribution in [0.1, 0.15) is 39.9 Å². The summed E-state index contributed by atoms with van der Waals surface area (Å²) in [4.78, 5) is 19.7. The van der Waals surface area contributed by atoms with Crippen molar-refractivity contribution in [3.63, 3.8) is 0 Å². The zero-order valence-electron chi connectivity index (χ0n) is 19.3. The Balaban J connectivity index is 0.000000459. The largest absolute Gasteiger partial charge is 0.504 e. The lowest BCUT2D eigenvalue weighted by atomic mass is 9.95. The zero-order chi connectivity index (χ0) is 23.6. The van der Waals surface area contributed by atoms with Crippen LogP contribution >= 0.6 is 0 Å². The van der Waals surface area contributed by atoms with E-state index in [9.17, 15) is 9.90 Å². The Labute approximate surface area is 194 Å². The molecule has 0 radical (unpaired) electrons. The van der Waals surface area contributed by atoms with Gasteiger partial charge in [-0.2, -0.15) is 0 Å². The van der Waals surface area contributed by atoms with Gasteiger partial charge in [0.25, 0.3) is 5.91 Å². The number of hydrogen-bond donors (Lipinski definition) is 2. The lowest BCUT2D eigenvalue weighted by Gasteiger charge is -2.21. The van der Waals surface area contributed by atoms with Crippen LogP contribution in [0.5, 0.6) is 11.5 Å². The minimum absolute atomic E-state index is 0.0217. The van der Waals surface area contributed by atoms with Gasteiger partial charge in [-0.15, -0.1) is 0 Å². The first-order chi connectivity index (χ1) is 15.9. The second-order valence-corrected chi connectivity index (χ2v) is 8.54. The summed E-state index contributed by atoms with van der Waals surface area (Å²) in [5.41, 5.74) is 3.68. The fourth-order valence-electron chi connectivity index (χ4n) is 3.99. The molecule has 5 rings (SSSR count). The summed E-state index contributed by atoms with van der Waals surface area (Å²) in [7, 11) is 3.52. The highest BCUT2D eigenvalue weighted by molar-refractivity contribution is 5.98. The number of hydrogen-bond acceptors (Lipinski definition) is 5. The molecule has 2 aliphatic rings. The van der Waals surface area contributed by atoms with E-state index >= 15 is 0 Å². The monoisotopic (exact) mass is 443 g/mol. The van der Waals surface area contributed by atoms with Crippen molar-refractivity contribution in [1.29, 1.82) is 0 Å². The molecule has 2 N–H and O–H groups in total. The molecule has 1 saturated carbocycles. The third-order valence-electron chi connectivity index (χ3n) is 6.12. The molecular formula is C27H29N3O3. The number of nitrogens with one attached hydrogen (secondary N) is 1. The van der Waals surface area contributed by atoms with Gasteiger partial charge in [-0.1, -0.05) is 18.7 Å². The first kappa shape index (κ1) is 22.4. The normalized spacial score (nSPS) is 15.2. The molecule has 0 spiro atoms. The first-order valence-electron chi connectivity index (χ1n) is 11.0. The van der Waals surface area contributed by atoms with Crippen LogP contribution in [0.2, 0.25) is 0 Å². The van der Waals surface area contributed by atoms with E-state index in [1.807, 2.05) is 18.2 Å². The number of phenols is 1. The molecule has 0 bridgehead atoms. The standard InChI is InChI=1S/C23H22N2O3.C4H7N/c1-4-15-11-18(16-6-5-9-24-19(16)12-15)23(7-8-23)25-22(27)17-13-21(28-3)20(26)10-14(17)2;1-5-3-2-4-5/h4-6,9-13,26H,1,7-8H2,2-3H3,(H,25,27);2-3H,4H2,1H3. The molecule has 1 aliphatic heterocycles. The van der Waals surface area contributed by atoms with Crippen LogP contribution in [0.25, 0.3) is 17.0 Å². The number of methoxy groups -OCH3 is 1. The highest BCUT2D eigenvalue weighted by atomic mass is 16.5. The number of carbonyl (C=O) groups excluding carboxylic acids is 1. The number of rotatable bonds is 5. The summed E-state index contributed by atoms with van der Waals surface area (Å²) in [5.74, 6) is 0.117. The lowest BCUT2D eigenvalue weighted by Crippen LogP contribution is -2.35. The van der Waals surface area contributed by atoms with Crippen LogP contribution < -0.4 is 10.1 Å². The number of nitrogens with zero attached hydrogens (tertiary/aromatic N) is 2. The van der Waals surface area contributed by atoms with Gasteiger partial charge in [0.1, 0.15) is 0 Å². The van der Waals surface area contributed by atoms with Crippen LogP contribution in [0.3, 0.4) is 0 Å². The van der Waals surface area contributed by atoms with Crippen molar-refractivity contribution in [2.75, 3.05) is 20.7 Å². The van der Waals surface area contributed by atoms with E-state index in [1.165, 1.54) is 7.11 Å². The van der Waals surface area contributed by atoms with Crippen molar-refractivity contribution >= 4 is 22.9 Å². The number of aryl methyl sites for hydroxylation is 1. The van der Waals surface area contributed by atoms with Crippen molar-refractivity contribution in [3.05, 3.63) is 83.7 Å². The predicted octanol–water partition coefficient (Wildman–Crippen LogP) is 4.77. The van der Waals surface area contributed by atoms with E-state index < -0.39 is 5.54 Å². The number of pyridine rings is 1.